The van der Waals surface area contributed by atoms with E-state index in [4.69, 9.17) is 9.47 Å². The maximum Gasteiger partial charge on any atom is 0.223 e. The second-order valence-corrected chi connectivity index (χ2v) is 10.5. The number of likely N-dealkylation sites (tertiary alicyclic amines) is 1. The van der Waals surface area contributed by atoms with E-state index in [1.165, 1.54) is 0 Å². The van der Waals surface area contributed by atoms with Gasteiger partial charge in [-0.05, 0) is 38.8 Å². The maximum absolute atomic E-state index is 15.0. The Balaban J connectivity index is 1.38. The van der Waals surface area contributed by atoms with Gasteiger partial charge in [0.05, 0.1) is 43.2 Å². The summed E-state index contributed by atoms with van der Waals surface area (Å²) in [6, 6.07) is 7.26. The number of hydrogen-bond donors (Lipinski definition) is 2. The molecular weight excluding hydrogens is 477 g/mol. The summed E-state index contributed by atoms with van der Waals surface area (Å²) in [6.45, 7) is 7.21. The lowest BCUT2D eigenvalue weighted by Crippen LogP contribution is -2.42. The molecule has 5 heterocycles. The number of aromatic nitrogens is 3. The molecule has 0 aliphatic carbocycles. The number of nitrogens with zero attached hydrogens (tertiary/aromatic N) is 4. The van der Waals surface area contributed by atoms with Crippen molar-refractivity contribution in [2.45, 2.75) is 63.6 Å². The molecule has 3 fully saturated rings. The molecule has 196 valence electrons. The van der Waals surface area contributed by atoms with E-state index in [0.717, 1.165) is 37.0 Å². The van der Waals surface area contributed by atoms with Crippen molar-refractivity contribution < 1.29 is 19.0 Å². The van der Waals surface area contributed by atoms with Crippen molar-refractivity contribution in [1.82, 2.24) is 19.4 Å². The monoisotopic (exact) mass is 509 g/mol. The number of aliphatic hydroxyl groups is 1. The van der Waals surface area contributed by atoms with E-state index in [2.05, 4.69) is 38.6 Å². The van der Waals surface area contributed by atoms with Crippen molar-refractivity contribution in [2.24, 2.45) is 0 Å². The lowest BCUT2D eigenvalue weighted by molar-refractivity contribution is -0.0136. The van der Waals surface area contributed by atoms with Gasteiger partial charge < -0.3 is 24.5 Å². The Labute approximate surface area is 214 Å². The first-order valence-electron chi connectivity index (χ1n) is 13.0. The Morgan fingerprint density at radius 2 is 2.14 bits per heavy atom. The second kappa shape index (κ2) is 9.75. The first-order chi connectivity index (χ1) is 17.9. The van der Waals surface area contributed by atoms with Gasteiger partial charge in [0, 0.05) is 54.5 Å². The van der Waals surface area contributed by atoms with Crippen LogP contribution in [0.15, 0.2) is 35.3 Å². The number of morpholine rings is 1. The van der Waals surface area contributed by atoms with Gasteiger partial charge >= 0.3 is 0 Å². The highest BCUT2D eigenvalue weighted by Crippen LogP contribution is 2.31. The molecule has 3 aromatic rings. The number of hydrogen-bond acceptors (Lipinski definition) is 8. The topological polar surface area (TPSA) is 102 Å². The summed E-state index contributed by atoms with van der Waals surface area (Å²) in [5.74, 6) is -0.316. The van der Waals surface area contributed by atoms with Crippen LogP contribution in [0.25, 0.3) is 22.2 Å². The SMILES string of the molecule is CC(C)n1c(CN2C[C@H]3C[C@@H]2CO3)cc(=O)c2ccc(-c3nc(N[C@@H]4CCOC[C@H]4O)ncc3F)cc21. The first-order valence-corrected chi connectivity index (χ1v) is 13.0. The van der Waals surface area contributed by atoms with E-state index < -0.39 is 11.9 Å². The van der Waals surface area contributed by atoms with E-state index in [1.54, 1.807) is 18.2 Å². The van der Waals surface area contributed by atoms with Gasteiger partial charge in [0.1, 0.15) is 5.69 Å². The summed E-state index contributed by atoms with van der Waals surface area (Å²) in [7, 11) is 0. The Kier molecular flexibility index (Phi) is 6.44. The fourth-order valence-electron chi connectivity index (χ4n) is 5.85. The standard InChI is InChI=1S/C27H32FN5O4/c1-15(2)33-17(11-32-12-19-8-18(32)13-37-19)9-24(34)20-4-3-16(7-23(20)33)26-21(28)10-29-27(31-26)30-22-5-6-36-14-25(22)35/h3-4,7,9-10,15,18-19,22,25,35H,5-6,8,11-14H2,1-2H3,(H,29,30,31)/t18-,19-,22-,25-/m1/s1. The van der Waals surface area contributed by atoms with Crippen molar-refractivity contribution in [3.8, 4) is 11.3 Å². The third-order valence-corrected chi connectivity index (χ3v) is 7.68. The predicted molar refractivity (Wildman–Crippen MR) is 137 cm³/mol. The average Bonchev–Trinajstić information content (AvgIpc) is 3.49. The van der Waals surface area contributed by atoms with Gasteiger partial charge in [0.15, 0.2) is 11.2 Å². The van der Waals surface area contributed by atoms with E-state index >= 15 is 0 Å². The number of halogens is 1. The fraction of sp³-hybridized carbons (Fsp3) is 0.519. The molecule has 2 N–H and O–H groups in total. The van der Waals surface area contributed by atoms with Gasteiger partial charge in [-0.2, -0.15) is 0 Å². The molecule has 3 aliphatic heterocycles. The zero-order chi connectivity index (χ0) is 25.7. The van der Waals surface area contributed by atoms with E-state index in [0.29, 0.717) is 36.6 Å². The van der Waals surface area contributed by atoms with Crippen molar-refractivity contribution in [3.63, 3.8) is 0 Å². The van der Waals surface area contributed by atoms with Crippen LogP contribution in [-0.2, 0) is 16.0 Å². The minimum absolute atomic E-state index is 0.0481. The molecule has 10 heteroatoms. The van der Waals surface area contributed by atoms with Gasteiger partial charge in [-0.15, -0.1) is 0 Å². The highest BCUT2D eigenvalue weighted by atomic mass is 19.1. The van der Waals surface area contributed by atoms with Crippen LogP contribution in [0.2, 0.25) is 0 Å². The van der Waals surface area contributed by atoms with Gasteiger partial charge in [0.25, 0.3) is 0 Å². The highest BCUT2D eigenvalue weighted by molar-refractivity contribution is 5.84. The Bertz CT molecular complexity index is 1380. The third-order valence-electron chi connectivity index (χ3n) is 7.68. The van der Waals surface area contributed by atoms with Crippen molar-refractivity contribution in [2.75, 3.05) is 31.7 Å². The van der Waals surface area contributed by atoms with Crippen LogP contribution in [-0.4, -0.2) is 75.2 Å². The molecule has 0 saturated carbocycles. The van der Waals surface area contributed by atoms with Crippen LogP contribution in [0.5, 0.6) is 0 Å². The summed E-state index contributed by atoms with van der Waals surface area (Å²) in [5, 5.41) is 13.9. The average molecular weight is 510 g/mol. The van der Waals surface area contributed by atoms with Crippen LogP contribution < -0.4 is 10.7 Å². The molecule has 2 aromatic heterocycles. The molecule has 4 atom stereocenters. The summed E-state index contributed by atoms with van der Waals surface area (Å²) in [5.41, 5.74) is 2.35. The number of anilines is 1. The molecule has 0 radical (unpaired) electrons. The smallest absolute Gasteiger partial charge is 0.223 e. The van der Waals surface area contributed by atoms with Gasteiger partial charge in [0.2, 0.25) is 5.95 Å². The molecule has 9 nitrogen and oxygen atoms in total. The molecular formula is C27H32FN5O4. The lowest BCUT2D eigenvalue weighted by atomic mass is 10.1. The molecule has 0 spiro atoms. The van der Waals surface area contributed by atoms with Crippen molar-refractivity contribution in [3.05, 3.63) is 52.2 Å². The number of pyridine rings is 1. The molecule has 3 aliphatic rings. The molecule has 3 saturated heterocycles. The fourth-order valence-corrected chi connectivity index (χ4v) is 5.85. The maximum atomic E-state index is 15.0. The molecule has 0 amide bonds. The zero-order valence-corrected chi connectivity index (χ0v) is 21.1. The van der Waals surface area contributed by atoms with E-state index in [9.17, 15) is 14.3 Å². The quantitative estimate of drug-likeness (QED) is 0.523. The van der Waals surface area contributed by atoms with Gasteiger partial charge in [-0.3, -0.25) is 9.69 Å². The number of benzene rings is 1. The molecule has 6 rings (SSSR count). The van der Waals surface area contributed by atoms with Crippen LogP contribution >= 0.6 is 0 Å². The van der Waals surface area contributed by atoms with Crippen LogP contribution in [0.1, 0.15) is 38.4 Å². The number of aliphatic hydroxyl groups excluding tert-OH is 1. The summed E-state index contributed by atoms with van der Waals surface area (Å²) < 4.78 is 28.2. The zero-order valence-electron chi connectivity index (χ0n) is 21.1. The Morgan fingerprint density at radius 1 is 1.27 bits per heavy atom. The van der Waals surface area contributed by atoms with E-state index in [1.807, 2.05) is 6.07 Å². The highest BCUT2D eigenvalue weighted by Gasteiger charge is 2.39. The molecule has 2 bridgehead atoms. The van der Waals surface area contributed by atoms with Crippen LogP contribution in [0.4, 0.5) is 10.3 Å². The van der Waals surface area contributed by atoms with Gasteiger partial charge in [-0.25, -0.2) is 14.4 Å². The molecule has 37 heavy (non-hydrogen) atoms. The first kappa shape index (κ1) is 24.4. The van der Waals surface area contributed by atoms with Crippen molar-refractivity contribution in [1.29, 1.82) is 0 Å². The minimum Gasteiger partial charge on any atom is -0.389 e. The minimum atomic E-state index is -0.692. The summed E-state index contributed by atoms with van der Waals surface area (Å²) >= 11 is 0. The molecule has 1 aromatic carbocycles. The number of fused-ring (bicyclic) bond motifs is 3. The largest absolute Gasteiger partial charge is 0.389 e. The number of nitrogens with one attached hydrogen (secondary N) is 1. The van der Waals surface area contributed by atoms with Crippen LogP contribution in [0, 0.1) is 5.82 Å². The third kappa shape index (κ3) is 4.63. The van der Waals surface area contributed by atoms with E-state index in [-0.39, 0.29) is 41.9 Å². The second-order valence-electron chi connectivity index (χ2n) is 10.5. The lowest BCUT2D eigenvalue weighted by Gasteiger charge is -2.29. The Hall–Kier alpha value is -2.92. The van der Waals surface area contributed by atoms with Gasteiger partial charge in [-0.1, -0.05) is 6.07 Å². The summed E-state index contributed by atoms with van der Waals surface area (Å²) in [4.78, 5) is 24.1. The number of rotatable bonds is 6. The predicted octanol–water partition coefficient (Wildman–Crippen LogP) is 2.71. The molecule has 0 unspecified atom stereocenters. The Morgan fingerprint density at radius 3 is 2.86 bits per heavy atom. The normalized spacial score (nSPS) is 25.9. The summed E-state index contributed by atoms with van der Waals surface area (Å²) in [6.07, 6.45) is 2.36. The van der Waals surface area contributed by atoms with Crippen LogP contribution in [0.3, 0.4) is 0 Å². The van der Waals surface area contributed by atoms with Crippen molar-refractivity contribution >= 4 is 16.9 Å². The number of ether oxygens (including phenoxy) is 2.